The van der Waals surface area contributed by atoms with E-state index in [0.29, 0.717) is 0 Å². The fourth-order valence-electron chi connectivity index (χ4n) is 4.60. The first-order valence-electron chi connectivity index (χ1n) is 11.4. The van der Waals surface area contributed by atoms with Crippen molar-refractivity contribution >= 4 is 28.9 Å². The van der Waals surface area contributed by atoms with Gasteiger partial charge in [-0.1, -0.05) is 36.4 Å². The lowest BCUT2D eigenvalue weighted by molar-refractivity contribution is 0.695. The molecule has 0 N–H and O–H groups in total. The Bertz CT molecular complexity index is 1300. The Labute approximate surface area is 199 Å². The average Bonchev–Trinajstić information content (AvgIpc) is 3.36. The first-order chi connectivity index (χ1) is 16.2. The van der Waals surface area contributed by atoms with Crippen LogP contribution in [-0.4, -0.2) is 10.8 Å². The molecular formula is C28H26N4S. The van der Waals surface area contributed by atoms with Crippen LogP contribution < -0.4 is 5.01 Å². The van der Waals surface area contributed by atoms with Crippen LogP contribution in [0.5, 0.6) is 0 Å². The lowest BCUT2D eigenvalue weighted by Gasteiger charge is -2.19. The van der Waals surface area contributed by atoms with Gasteiger partial charge in [-0.25, -0.2) is 5.01 Å². The minimum atomic E-state index is 0.857. The summed E-state index contributed by atoms with van der Waals surface area (Å²) in [4.78, 5) is 1.38. The van der Waals surface area contributed by atoms with Crippen LogP contribution in [0.4, 0.5) is 11.4 Å². The molecule has 0 fully saturated rings. The highest BCUT2D eigenvalue weighted by Crippen LogP contribution is 2.38. The molecule has 5 heteroatoms. The summed E-state index contributed by atoms with van der Waals surface area (Å²) < 4.78 is 2.23. The topological polar surface area (TPSA) is 44.3 Å². The van der Waals surface area contributed by atoms with Gasteiger partial charge in [-0.2, -0.15) is 10.4 Å². The number of nitriles is 1. The maximum absolute atomic E-state index is 9.95. The molecule has 0 radical (unpaired) electrons. The lowest BCUT2D eigenvalue weighted by Crippen LogP contribution is -2.09. The number of benzene rings is 2. The second kappa shape index (κ2) is 9.09. The Morgan fingerprint density at radius 1 is 0.970 bits per heavy atom. The van der Waals surface area contributed by atoms with Crippen LogP contribution in [0.3, 0.4) is 0 Å². The minimum absolute atomic E-state index is 0.857. The summed E-state index contributed by atoms with van der Waals surface area (Å²) in [5.74, 6) is 0. The molecule has 0 aliphatic heterocycles. The van der Waals surface area contributed by atoms with E-state index in [1.807, 2.05) is 47.6 Å². The molecule has 0 unspecified atom stereocenters. The number of rotatable bonds is 5. The number of hydrazone groups is 1. The van der Waals surface area contributed by atoms with Crippen molar-refractivity contribution in [2.24, 2.45) is 5.10 Å². The van der Waals surface area contributed by atoms with Crippen LogP contribution in [0.25, 0.3) is 5.00 Å². The first-order valence-corrected chi connectivity index (χ1v) is 12.2. The molecule has 2 aromatic carbocycles. The Balaban J connectivity index is 1.55. The van der Waals surface area contributed by atoms with Crippen molar-refractivity contribution in [3.8, 4) is 11.1 Å². The monoisotopic (exact) mass is 450 g/mol. The molecule has 33 heavy (non-hydrogen) atoms. The van der Waals surface area contributed by atoms with Gasteiger partial charge in [0.25, 0.3) is 0 Å². The van der Waals surface area contributed by atoms with Crippen LogP contribution in [0.15, 0.2) is 71.8 Å². The van der Waals surface area contributed by atoms with E-state index < -0.39 is 0 Å². The zero-order valence-corrected chi connectivity index (χ0v) is 19.8. The van der Waals surface area contributed by atoms with Crippen molar-refractivity contribution in [3.63, 3.8) is 0 Å². The summed E-state index contributed by atoms with van der Waals surface area (Å²) in [6.45, 7) is 4.22. The number of nitrogens with zero attached hydrogens (tertiary/aromatic N) is 4. The number of anilines is 2. The summed E-state index contributed by atoms with van der Waals surface area (Å²) in [6.07, 6.45) is 6.43. The summed E-state index contributed by atoms with van der Waals surface area (Å²) in [6, 6.07) is 25.0. The number of hydrogen-bond acceptors (Lipinski definition) is 4. The molecular weight excluding hydrogens is 424 g/mol. The van der Waals surface area contributed by atoms with Gasteiger partial charge < -0.3 is 4.57 Å². The number of aryl methyl sites for hydroxylation is 2. The van der Waals surface area contributed by atoms with Gasteiger partial charge in [0.15, 0.2) is 0 Å². The second-order valence-electron chi connectivity index (χ2n) is 8.39. The summed E-state index contributed by atoms with van der Waals surface area (Å²) >= 11 is 1.78. The molecule has 4 aromatic rings. The van der Waals surface area contributed by atoms with E-state index in [1.54, 1.807) is 11.3 Å². The van der Waals surface area contributed by atoms with Gasteiger partial charge >= 0.3 is 0 Å². The molecule has 0 amide bonds. The van der Waals surface area contributed by atoms with Crippen molar-refractivity contribution in [2.45, 2.75) is 39.5 Å². The fraction of sp³-hybridized carbons (Fsp3) is 0.214. The second-order valence-corrected chi connectivity index (χ2v) is 9.48. The van der Waals surface area contributed by atoms with Gasteiger partial charge in [0.2, 0.25) is 0 Å². The number of hydrogen-bond donors (Lipinski definition) is 0. The van der Waals surface area contributed by atoms with E-state index >= 15 is 0 Å². The molecule has 0 bridgehead atoms. The highest BCUT2D eigenvalue weighted by Gasteiger charge is 2.23. The minimum Gasteiger partial charge on any atom is -0.308 e. The largest absolute Gasteiger partial charge is 0.308 e. The summed E-state index contributed by atoms with van der Waals surface area (Å²) in [7, 11) is 0. The molecule has 4 nitrogen and oxygen atoms in total. The quantitative estimate of drug-likeness (QED) is 0.241. The van der Waals surface area contributed by atoms with Gasteiger partial charge in [-0.3, -0.25) is 0 Å². The number of thiophene rings is 1. The zero-order valence-electron chi connectivity index (χ0n) is 19.0. The van der Waals surface area contributed by atoms with Crippen LogP contribution in [-0.2, 0) is 12.8 Å². The maximum atomic E-state index is 9.95. The predicted octanol–water partition coefficient (Wildman–Crippen LogP) is 7.08. The van der Waals surface area contributed by atoms with E-state index in [1.165, 1.54) is 23.3 Å². The van der Waals surface area contributed by atoms with Crippen LogP contribution in [0.2, 0.25) is 0 Å². The van der Waals surface area contributed by atoms with Gasteiger partial charge in [-0.05, 0) is 75.4 Å². The van der Waals surface area contributed by atoms with Crippen molar-refractivity contribution in [1.29, 1.82) is 5.26 Å². The molecule has 164 valence electrons. The molecule has 0 saturated heterocycles. The van der Waals surface area contributed by atoms with E-state index in [4.69, 9.17) is 5.10 Å². The van der Waals surface area contributed by atoms with Crippen molar-refractivity contribution in [1.82, 2.24) is 4.57 Å². The standard InChI is InChI=1S/C28H26N4S/c1-20-17-22(19-30-32(23-11-5-3-6-12-23)24-13-7-4-8-14-24)21(2)31(20)28-26(18-29)25-15-9-10-16-27(25)33-28/h3-8,11-14,17,19H,9-10,15-16H2,1-2H3/b30-19+. The summed E-state index contributed by atoms with van der Waals surface area (Å²) in [5, 5.41) is 17.8. The number of fused-ring (bicyclic) bond motifs is 1. The third-order valence-electron chi connectivity index (χ3n) is 6.25. The smallest absolute Gasteiger partial charge is 0.118 e. The predicted molar refractivity (Wildman–Crippen MR) is 137 cm³/mol. The number of aromatic nitrogens is 1. The Morgan fingerprint density at radius 2 is 1.61 bits per heavy atom. The Hall–Kier alpha value is -3.62. The molecule has 0 spiro atoms. The third kappa shape index (κ3) is 3.99. The van der Waals surface area contributed by atoms with E-state index in [2.05, 4.69) is 54.8 Å². The highest BCUT2D eigenvalue weighted by atomic mass is 32.1. The molecule has 0 saturated carbocycles. The maximum Gasteiger partial charge on any atom is 0.118 e. The van der Waals surface area contributed by atoms with E-state index in [9.17, 15) is 5.26 Å². The first kappa shape index (κ1) is 21.2. The molecule has 2 heterocycles. The van der Waals surface area contributed by atoms with Crippen LogP contribution in [0, 0.1) is 25.2 Å². The highest BCUT2D eigenvalue weighted by molar-refractivity contribution is 7.15. The van der Waals surface area contributed by atoms with Gasteiger partial charge in [0.1, 0.15) is 11.1 Å². The fourth-order valence-corrected chi connectivity index (χ4v) is 6.05. The molecule has 0 atom stereocenters. The zero-order chi connectivity index (χ0) is 22.8. The molecule has 5 rings (SSSR count). The number of para-hydroxylation sites is 2. The van der Waals surface area contributed by atoms with Gasteiger partial charge in [0, 0.05) is 21.8 Å². The molecule has 2 aromatic heterocycles. The Morgan fingerprint density at radius 3 is 2.24 bits per heavy atom. The van der Waals surface area contributed by atoms with Crippen LogP contribution >= 0.6 is 11.3 Å². The molecule has 1 aliphatic carbocycles. The van der Waals surface area contributed by atoms with Crippen molar-refractivity contribution in [3.05, 3.63) is 99.7 Å². The SMILES string of the molecule is Cc1cc(/C=N/N(c2ccccc2)c2ccccc2)c(C)n1-c1sc2c(c1C#N)CCCC2. The van der Waals surface area contributed by atoms with Crippen LogP contribution in [0.1, 0.15) is 45.8 Å². The Kier molecular flexibility index (Phi) is 5.85. The van der Waals surface area contributed by atoms with E-state index in [-0.39, 0.29) is 0 Å². The third-order valence-corrected chi connectivity index (χ3v) is 7.53. The van der Waals surface area contributed by atoms with Gasteiger partial charge in [0.05, 0.1) is 23.2 Å². The van der Waals surface area contributed by atoms with Crippen molar-refractivity contribution < 1.29 is 0 Å². The lowest BCUT2D eigenvalue weighted by atomic mass is 9.96. The average molecular weight is 451 g/mol. The summed E-state index contributed by atoms with van der Waals surface area (Å²) in [5.41, 5.74) is 7.42. The van der Waals surface area contributed by atoms with Crippen molar-refractivity contribution in [2.75, 3.05) is 5.01 Å². The normalized spacial score (nSPS) is 13.1. The van der Waals surface area contributed by atoms with Gasteiger partial charge in [-0.15, -0.1) is 11.3 Å². The molecule has 1 aliphatic rings. The van der Waals surface area contributed by atoms with E-state index in [0.717, 1.165) is 51.7 Å².